The van der Waals surface area contributed by atoms with E-state index in [1.54, 1.807) is 23.7 Å². The van der Waals surface area contributed by atoms with E-state index in [2.05, 4.69) is 10.9 Å². The average molecular weight is 359 g/mol. The lowest BCUT2D eigenvalue weighted by Gasteiger charge is -2.09. The number of guanidine groups is 1. The molecule has 130 valence electrons. The molecule has 0 bridgehead atoms. The van der Waals surface area contributed by atoms with Crippen molar-refractivity contribution in [1.29, 1.82) is 5.41 Å². The molecule has 25 heavy (non-hydrogen) atoms. The molecule has 8 heteroatoms. The summed E-state index contributed by atoms with van der Waals surface area (Å²) in [4.78, 5) is 12.2. The highest BCUT2D eigenvalue weighted by Crippen LogP contribution is 2.22. The highest BCUT2D eigenvalue weighted by Gasteiger charge is 2.20. The number of nitrogens with two attached hydrogens (primary N) is 1. The van der Waals surface area contributed by atoms with E-state index in [0.29, 0.717) is 11.1 Å². The van der Waals surface area contributed by atoms with Crippen LogP contribution in [0.2, 0.25) is 0 Å². The van der Waals surface area contributed by atoms with Gasteiger partial charge in [0.05, 0.1) is 0 Å². The van der Waals surface area contributed by atoms with Crippen LogP contribution < -0.4 is 11.2 Å². The Labute approximate surface area is 145 Å². The van der Waals surface area contributed by atoms with Crippen LogP contribution in [-0.4, -0.2) is 25.9 Å². The van der Waals surface area contributed by atoms with E-state index in [0.717, 1.165) is 5.56 Å². The van der Waals surface area contributed by atoms with Crippen molar-refractivity contribution in [1.82, 2.24) is 5.48 Å². The number of hydrogen-bond acceptors (Lipinski definition) is 5. The molecular formula is C17H17N3O4S. The second-order valence-corrected chi connectivity index (χ2v) is 6.72. The molecule has 0 aliphatic rings. The number of hydroxylamine groups is 1. The minimum Gasteiger partial charge on any atom is -0.368 e. The van der Waals surface area contributed by atoms with Gasteiger partial charge in [0.25, 0.3) is 10.1 Å². The minimum absolute atomic E-state index is 0.213. The fourth-order valence-electron chi connectivity index (χ4n) is 2.07. The zero-order valence-electron chi connectivity index (χ0n) is 13.2. The first kappa shape index (κ1) is 18.4. The van der Waals surface area contributed by atoms with Crippen molar-refractivity contribution >= 4 is 27.4 Å². The van der Waals surface area contributed by atoms with Crippen molar-refractivity contribution in [3.05, 3.63) is 77.9 Å². The van der Waals surface area contributed by atoms with Gasteiger partial charge in [-0.1, -0.05) is 55.1 Å². The van der Waals surface area contributed by atoms with Crippen molar-refractivity contribution in [3.8, 4) is 0 Å². The molecule has 0 aliphatic heterocycles. The predicted molar refractivity (Wildman–Crippen MR) is 95.3 cm³/mol. The lowest BCUT2D eigenvalue weighted by molar-refractivity contribution is 0.101. The molecule has 2 rings (SSSR count). The summed E-state index contributed by atoms with van der Waals surface area (Å²) >= 11 is 0. The number of carbonyl (C=O) groups excluding carboxylic acids is 1. The summed E-state index contributed by atoms with van der Waals surface area (Å²) in [5.74, 6) is -2.21. The Hall–Kier alpha value is -2.97. The number of benzene rings is 2. The molecule has 0 heterocycles. The molecular weight excluding hydrogens is 342 g/mol. The summed E-state index contributed by atoms with van der Waals surface area (Å²) in [5.41, 5.74) is 9.17. The van der Waals surface area contributed by atoms with E-state index >= 15 is 0 Å². The van der Waals surface area contributed by atoms with E-state index in [1.807, 2.05) is 30.3 Å². The van der Waals surface area contributed by atoms with E-state index < -0.39 is 27.6 Å². The summed E-state index contributed by atoms with van der Waals surface area (Å²) in [6.07, 6.45) is 0. The molecule has 0 saturated heterocycles. The van der Waals surface area contributed by atoms with Crippen molar-refractivity contribution in [2.75, 3.05) is 5.75 Å². The van der Waals surface area contributed by atoms with E-state index in [4.69, 9.17) is 11.1 Å². The molecule has 4 N–H and O–H groups in total. The Morgan fingerprint density at radius 3 is 2.32 bits per heavy atom. The zero-order valence-corrected chi connectivity index (χ0v) is 14.0. The van der Waals surface area contributed by atoms with Crippen molar-refractivity contribution < 1.29 is 17.5 Å². The normalized spacial score (nSPS) is 10.9. The maximum Gasteiger partial charge on any atom is 0.295 e. The molecule has 2 aromatic rings. The van der Waals surface area contributed by atoms with E-state index in [-0.39, 0.29) is 5.56 Å². The van der Waals surface area contributed by atoms with Gasteiger partial charge in [0.15, 0.2) is 5.78 Å². The van der Waals surface area contributed by atoms with Crippen LogP contribution in [0.15, 0.2) is 61.2 Å². The largest absolute Gasteiger partial charge is 0.368 e. The third-order valence-corrected chi connectivity index (χ3v) is 4.19. The van der Waals surface area contributed by atoms with Crippen LogP contribution in [0, 0.1) is 5.41 Å². The highest BCUT2D eigenvalue weighted by molar-refractivity contribution is 7.87. The van der Waals surface area contributed by atoms with Gasteiger partial charge in [-0.2, -0.15) is 8.42 Å². The summed E-state index contributed by atoms with van der Waals surface area (Å²) < 4.78 is 27.6. The standard InChI is InChI=1S/C17H17N3O4S/c1-12(13-6-3-2-4-7-13)14-8-5-9-15(10-14)16(21)11-25(22,23)24-20-17(18)19/h2-10H,1,11H2,(H4,18,19,20). The van der Waals surface area contributed by atoms with Gasteiger partial charge in [0.2, 0.25) is 5.96 Å². The van der Waals surface area contributed by atoms with Crippen LogP contribution in [-0.2, 0) is 14.4 Å². The summed E-state index contributed by atoms with van der Waals surface area (Å²) in [7, 11) is -4.21. The van der Waals surface area contributed by atoms with Crippen LogP contribution in [0.4, 0.5) is 0 Å². The number of Topliss-reactive ketones (excluding diaryl/α,β-unsaturated/α-hetero) is 1. The van der Waals surface area contributed by atoms with Crippen molar-refractivity contribution in [2.24, 2.45) is 5.73 Å². The first-order valence-corrected chi connectivity index (χ1v) is 8.75. The third-order valence-electron chi connectivity index (χ3n) is 3.24. The summed E-state index contributed by atoms with van der Waals surface area (Å²) in [6.45, 7) is 4.02. The molecule has 0 radical (unpaired) electrons. The van der Waals surface area contributed by atoms with Gasteiger partial charge in [-0.05, 0) is 22.8 Å². The van der Waals surface area contributed by atoms with Gasteiger partial charge < -0.3 is 5.73 Å². The maximum atomic E-state index is 12.2. The number of ketones is 1. The molecule has 0 fully saturated rings. The monoisotopic (exact) mass is 359 g/mol. The Bertz CT molecular complexity index is 909. The van der Waals surface area contributed by atoms with Gasteiger partial charge in [0.1, 0.15) is 5.75 Å². The third kappa shape index (κ3) is 5.27. The van der Waals surface area contributed by atoms with Crippen LogP contribution in [0.25, 0.3) is 5.57 Å². The molecule has 7 nitrogen and oxygen atoms in total. The molecule has 0 unspecified atom stereocenters. The number of nitrogens with one attached hydrogen (secondary N) is 2. The summed E-state index contributed by atoms with van der Waals surface area (Å²) in [5, 5.41) is 6.86. The van der Waals surface area contributed by atoms with E-state index in [9.17, 15) is 13.2 Å². The quantitative estimate of drug-likeness (QED) is 0.299. The molecule has 0 atom stereocenters. The first-order valence-electron chi connectivity index (χ1n) is 7.17. The zero-order chi connectivity index (χ0) is 18.4. The number of rotatable bonds is 7. The number of carbonyl (C=O) groups is 1. The van der Waals surface area contributed by atoms with Gasteiger partial charge in [0, 0.05) is 5.56 Å². The average Bonchev–Trinajstić information content (AvgIpc) is 2.60. The van der Waals surface area contributed by atoms with Gasteiger partial charge in [-0.25, -0.2) is 5.48 Å². The van der Waals surface area contributed by atoms with Crippen molar-refractivity contribution in [3.63, 3.8) is 0 Å². The minimum atomic E-state index is -4.21. The molecule has 2 aromatic carbocycles. The molecule has 0 saturated carbocycles. The van der Waals surface area contributed by atoms with Gasteiger partial charge in [-0.3, -0.25) is 10.2 Å². The number of hydrogen-bond donors (Lipinski definition) is 3. The van der Waals surface area contributed by atoms with Crippen molar-refractivity contribution in [2.45, 2.75) is 0 Å². The lowest BCUT2D eigenvalue weighted by atomic mass is 9.97. The topological polar surface area (TPSA) is 122 Å². The smallest absolute Gasteiger partial charge is 0.295 e. The van der Waals surface area contributed by atoms with Crippen LogP contribution in [0.1, 0.15) is 21.5 Å². The Kier molecular flexibility index (Phi) is 5.68. The second kappa shape index (κ2) is 7.73. The Balaban J connectivity index is 2.17. The first-order chi connectivity index (χ1) is 11.8. The molecule has 0 aliphatic carbocycles. The highest BCUT2D eigenvalue weighted by atomic mass is 32.2. The van der Waals surface area contributed by atoms with E-state index in [1.165, 1.54) is 6.07 Å². The Morgan fingerprint density at radius 1 is 1.08 bits per heavy atom. The van der Waals surface area contributed by atoms with Crippen LogP contribution in [0.5, 0.6) is 0 Å². The SMILES string of the molecule is C=C(c1ccccc1)c1cccc(C(=O)CS(=O)(=O)ONC(=N)N)c1. The Morgan fingerprint density at radius 2 is 1.68 bits per heavy atom. The molecule has 0 spiro atoms. The fraction of sp³-hybridized carbons (Fsp3) is 0.0588. The van der Waals surface area contributed by atoms with Crippen LogP contribution in [0.3, 0.4) is 0 Å². The maximum absolute atomic E-state index is 12.2. The molecule has 0 amide bonds. The molecule has 0 aromatic heterocycles. The second-order valence-electron chi connectivity index (χ2n) is 5.15. The summed E-state index contributed by atoms with van der Waals surface area (Å²) in [6, 6.07) is 15.9. The van der Waals surface area contributed by atoms with Crippen LogP contribution >= 0.6 is 0 Å². The van der Waals surface area contributed by atoms with Gasteiger partial charge in [-0.15, -0.1) is 4.28 Å². The van der Waals surface area contributed by atoms with Gasteiger partial charge >= 0.3 is 0 Å². The lowest BCUT2D eigenvalue weighted by Crippen LogP contribution is -2.34. The fourth-order valence-corrected chi connectivity index (χ4v) is 2.83. The predicted octanol–water partition coefficient (Wildman–Crippen LogP) is 1.68.